The Morgan fingerprint density at radius 3 is 2.84 bits per heavy atom. The molecule has 2 N–H and O–H groups in total. The van der Waals surface area contributed by atoms with Gasteiger partial charge >= 0.3 is 0 Å². The van der Waals surface area contributed by atoms with Crippen molar-refractivity contribution in [2.24, 2.45) is 0 Å². The molecule has 0 bridgehead atoms. The van der Waals surface area contributed by atoms with Gasteiger partial charge in [-0.1, -0.05) is 47.7 Å². The van der Waals surface area contributed by atoms with Crippen molar-refractivity contribution in [2.45, 2.75) is 32.9 Å². The monoisotopic (exact) mass is 352 g/mol. The first-order valence-corrected chi connectivity index (χ1v) is 9.56. The first-order valence-electron chi connectivity index (χ1n) is 8.74. The number of quaternary nitrogens is 1. The summed E-state index contributed by atoms with van der Waals surface area (Å²) in [5, 5.41) is 5.77. The molecule has 2 aromatic carbocycles. The van der Waals surface area contributed by atoms with Gasteiger partial charge in [-0.15, -0.1) is 0 Å². The fourth-order valence-electron chi connectivity index (χ4n) is 3.42. The quantitative estimate of drug-likeness (QED) is 0.761. The van der Waals surface area contributed by atoms with Gasteiger partial charge in [-0.25, -0.2) is 4.98 Å². The summed E-state index contributed by atoms with van der Waals surface area (Å²) in [6.07, 6.45) is 0.990. The van der Waals surface area contributed by atoms with Gasteiger partial charge in [0.2, 0.25) is 0 Å². The van der Waals surface area contributed by atoms with Crippen LogP contribution in [-0.2, 0) is 13.0 Å². The predicted molar refractivity (Wildman–Crippen MR) is 102 cm³/mol. The molecule has 0 aliphatic carbocycles. The van der Waals surface area contributed by atoms with Gasteiger partial charge in [-0.2, -0.15) is 0 Å². The molecule has 1 atom stereocenters. The summed E-state index contributed by atoms with van der Waals surface area (Å²) in [4.78, 5) is 20.3. The van der Waals surface area contributed by atoms with E-state index in [1.54, 1.807) is 16.2 Å². The van der Waals surface area contributed by atoms with Crippen molar-refractivity contribution >= 4 is 33.1 Å². The highest BCUT2D eigenvalue weighted by Gasteiger charge is 2.25. The highest BCUT2D eigenvalue weighted by Crippen LogP contribution is 2.26. The van der Waals surface area contributed by atoms with Crippen molar-refractivity contribution in [3.63, 3.8) is 0 Å². The van der Waals surface area contributed by atoms with Crippen molar-refractivity contribution in [1.29, 1.82) is 0 Å². The largest absolute Gasteiger partial charge is 0.328 e. The molecule has 4 nitrogen and oxygen atoms in total. The SMILES string of the molecule is CC(C)[NH+]1CCc2nc(NC(=O)c3cccc4ccccc34)sc2C1. The number of anilines is 1. The average molecular weight is 352 g/mol. The number of hydrogen-bond donors (Lipinski definition) is 2. The molecule has 1 aromatic heterocycles. The second-order valence-corrected chi connectivity index (χ2v) is 7.94. The molecule has 1 aliphatic rings. The molecule has 0 saturated heterocycles. The first kappa shape index (κ1) is 16.2. The Morgan fingerprint density at radius 1 is 1.20 bits per heavy atom. The van der Waals surface area contributed by atoms with Crippen LogP contribution in [0.25, 0.3) is 10.8 Å². The summed E-state index contributed by atoms with van der Waals surface area (Å²) in [6, 6.07) is 14.4. The molecule has 4 rings (SSSR count). The van der Waals surface area contributed by atoms with E-state index < -0.39 is 0 Å². The molecular weight excluding hydrogens is 330 g/mol. The Kier molecular flexibility index (Phi) is 4.27. The number of thiazole rings is 1. The standard InChI is InChI=1S/C20H21N3OS/c1-13(2)23-11-10-17-18(12-23)25-20(21-17)22-19(24)16-9-5-7-14-6-3-4-8-15(14)16/h3-9,13H,10-12H2,1-2H3,(H,21,22,24)/p+1. The number of amides is 1. The van der Waals surface area contributed by atoms with Crippen molar-refractivity contribution < 1.29 is 9.69 Å². The Bertz CT molecular complexity index is 926. The van der Waals surface area contributed by atoms with Crippen molar-refractivity contribution in [3.8, 4) is 0 Å². The molecule has 1 amide bonds. The van der Waals surface area contributed by atoms with E-state index in [9.17, 15) is 4.79 Å². The minimum Gasteiger partial charge on any atom is -0.328 e. The lowest BCUT2D eigenvalue weighted by atomic mass is 10.0. The number of nitrogens with zero attached hydrogens (tertiary/aromatic N) is 1. The molecule has 0 spiro atoms. The molecule has 0 radical (unpaired) electrons. The topological polar surface area (TPSA) is 46.4 Å². The third-order valence-electron chi connectivity index (χ3n) is 4.92. The Labute approximate surface area is 151 Å². The number of carbonyl (C=O) groups excluding carboxylic acids is 1. The van der Waals surface area contributed by atoms with E-state index in [0.29, 0.717) is 16.7 Å². The summed E-state index contributed by atoms with van der Waals surface area (Å²) in [7, 11) is 0. The molecule has 1 aliphatic heterocycles. The number of rotatable bonds is 3. The van der Waals surface area contributed by atoms with Crippen LogP contribution < -0.4 is 10.2 Å². The fourth-order valence-corrected chi connectivity index (χ4v) is 4.48. The van der Waals surface area contributed by atoms with Gasteiger partial charge in [0, 0.05) is 12.0 Å². The average Bonchev–Trinajstić information content (AvgIpc) is 3.02. The van der Waals surface area contributed by atoms with Gasteiger partial charge in [0.1, 0.15) is 6.54 Å². The summed E-state index contributed by atoms with van der Waals surface area (Å²) in [5.74, 6) is -0.0871. The van der Waals surface area contributed by atoms with Crippen LogP contribution in [-0.4, -0.2) is 23.5 Å². The molecule has 5 heteroatoms. The number of carbonyl (C=O) groups is 1. The smallest absolute Gasteiger partial charge is 0.258 e. The number of hydrogen-bond acceptors (Lipinski definition) is 3. The lowest BCUT2D eigenvalue weighted by molar-refractivity contribution is -0.936. The van der Waals surface area contributed by atoms with E-state index in [2.05, 4.69) is 24.1 Å². The lowest BCUT2D eigenvalue weighted by Gasteiger charge is -2.26. The minimum absolute atomic E-state index is 0.0871. The zero-order valence-electron chi connectivity index (χ0n) is 14.5. The highest BCUT2D eigenvalue weighted by molar-refractivity contribution is 7.15. The highest BCUT2D eigenvalue weighted by atomic mass is 32.1. The van der Waals surface area contributed by atoms with Gasteiger partial charge in [-0.3, -0.25) is 10.1 Å². The van der Waals surface area contributed by atoms with Crippen LogP contribution in [0.3, 0.4) is 0 Å². The minimum atomic E-state index is -0.0871. The van der Waals surface area contributed by atoms with E-state index in [0.717, 1.165) is 36.0 Å². The maximum absolute atomic E-state index is 12.8. The zero-order chi connectivity index (χ0) is 17.4. The molecular formula is C20H22N3OS+. The maximum Gasteiger partial charge on any atom is 0.258 e. The van der Waals surface area contributed by atoms with Gasteiger partial charge in [0.25, 0.3) is 5.91 Å². The first-order chi connectivity index (χ1) is 12.1. The second-order valence-electron chi connectivity index (χ2n) is 6.86. The van der Waals surface area contributed by atoms with Crippen molar-refractivity contribution in [3.05, 3.63) is 58.6 Å². The number of nitrogens with one attached hydrogen (secondary N) is 2. The van der Waals surface area contributed by atoms with Crippen LogP contribution in [0.5, 0.6) is 0 Å². The van der Waals surface area contributed by atoms with Crippen LogP contribution in [0.15, 0.2) is 42.5 Å². The van der Waals surface area contributed by atoms with E-state index >= 15 is 0 Å². The number of fused-ring (bicyclic) bond motifs is 2. The molecule has 25 heavy (non-hydrogen) atoms. The zero-order valence-corrected chi connectivity index (χ0v) is 15.3. The van der Waals surface area contributed by atoms with E-state index in [-0.39, 0.29) is 5.91 Å². The van der Waals surface area contributed by atoms with Gasteiger partial charge in [-0.05, 0) is 30.7 Å². The molecule has 128 valence electrons. The number of benzene rings is 2. The summed E-state index contributed by atoms with van der Waals surface area (Å²) < 4.78 is 0. The van der Waals surface area contributed by atoms with E-state index in [1.165, 1.54) is 4.88 Å². The summed E-state index contributed by atoms with van der Waals surface area (Å²) >= 11 is 1.62. The van der Waals surface area contributed by atoms with Crippen molar-refractivity contribution in [2.75, 3.05) is 11.9 Å². The molecule has 0 fully saturated rings. The Balaban J connectivity index is 1.58. The molecule has 1 unspecified atom stereocenters. The van der Waals surface area contributed by atoms with Crippen LogP contribution >= 0.6 is 11.3 Å². The maximum atomic E-state index is 12.8. The van der Waals surface area contributed by atoms with Crippen LogP contribution in [0.4, 0.5) is 5.13 Å². The Morgan fingerprint density at radius 2 is 2.00 bits per heavy atom. The molecule has 3 aromatic rings. The lowest BCUT2D eigenvalue weighted by Crippen LogP contribution is -3.14. The van der Waals surface area contributed by atoms with E-state index in [1.807, 2.05) is 42.5 Å². The van der Waals surface area contributed by atoms with Crippen molar-refractivity contribution in [1.82, 2.24) is 4.98 Å². The normalized spacial score (nSPS) is 16.8. The molecule has 2 heterocycles. The van der Waals surface area contributed by atoms with Gasteiger partial charge in [0.05, 0.1) is 23.2 Å². The van der Waals surface area contributed by atoms with Crippen LogP contribution in [0.1, 0.15) is 34.8 Å². The van der Waals surface area contributed by atoms with E-state index in [4.69, 9.17) is 0 Å². The Hall–Kier alpha value is -2.24. The third-order valence-corrected chi connectivity index (χ3v) is 5.93. The summed E-state index contributed by atoms with van der Waals surface area (Å²) in [5.41, 5.74) is 1.85. The van der Waals surface area contributed by atoms with Gasteiger partial charge in [0.15, 0.2) is 5.13 Å². The van der Waals surface area contributed by atoms with Gasteiger partial charge < -0.3 is 4.90 Å². The fraction of sp³-hybridized carbons (Fsp3) is 0.300. The molecule has 0 saturated carbocycles. The van der Waals surface area contributed by atoms with Crippen LogP contribution in [0, 0.1) is 0 Å². The third kappa shape index (κ3) is 3.17. The summed E-state index contributed by atoms with van der Waals surface area (Å²) in [6.45, 7) is 6.63. The second kappa shape index (κ2) is 6.58. The predicted octanol–water partition coefficient (Wildman–Crippen LogP) is 2.90. The van der Waals surface area contributed by atoms with Crippen LogP contribution in [0.2, 0.25) is 0 Å². The number of aromatic nitrogens is 1.